The number of para-hydroxylation sites is 1. The Morgan fingerprint density at radius 2 is 2.05 bits per heavy atom. The van der Waals surface area contributed by atoms with Crippen LogP contribution in [0.4, 0.5) is 5.69 Å². The van der Waals surface area contributed by atoms with Gasteiger partial charge in [0.25, 0.3) is 0 Å². The summed E-state index contributed by atoms with van der Waals surface area (Å²) in [5.74, 6) is 0.360. The Balaban J connectivity index is 1.83. The van der Waals surface area contributed by atoms with Gasteiger partial charge in [0.2, 0.25) is 10.0 Å². The summed E-state index contributed by atoms with van der Waals surface area (Å²) in [6.45, 7) is 5.06. The van der Waals surface area contributed by atoms with Crippen LogP contribution < -0.4 is 9.62 Å². The Kier molecular flexibility index (Phi) is 3.97. The van der Waals surface area contributed by atoms with E-state index < -0.39 is 15.3 Å². The van der Waals surface area contributed by atoms with E-state index in [9.17, 15) is 8.42 Å². The van der Waals surface area contributed by atoms with Gasteiger partial charge in [-0.25, -0.2) is 8.42 Å². The molecule has 1 fully saturated rings. The predicted molar refractivity (Wildman–Crippen MR) is 86.1 cm³/mol. The van der Waals surface area contributed by atoms with Crippen molar-refractivity contribution in [2.45, 2.75) is 44.4 Å². The van der Waals surface area contributed by atoms with Crippen LogP contribution in [0.1, 0.15) is 32.3 Å². The largest absolute Gasteiger partial charge is 0.313 e. The second kappa shape index (κ2) is 5.61. The summed E-state index contributed by atoms with van der Waals surface area (Å²) < 4.78 is 27.5. The van der Waals surface area contributed by atoms with E-state index in [4.69, 9.17) is 0 Å². The van der Waals surface area contributed by atoms with Crippen LogP contribution in [0, 0.1) is 5.92 Å². The molecule has 0 radical (unpaired) electrons. The van der Waals surface area contributed by atoms with Crippen LogP contribution in [0.3, 0.4) is 0 Å². The Morgan fingerprint density at radius 1 is 1.33 bits per heavy atom. The molecule has 0 spiro atoms. The summed E-state index contributed by atoms with van der Waals surface area (Å²) >= 11 is 0. The molecule has 2 unspecified atom stereocenters. The van der Waals surface area contributed by atoms with Crippen LogP contribution in [-0.4, -0.2) is 32.8 Å². The highest BCUT2D eigenvalue weighted by Crippen LogP contribution is 2.32. The first-order valence-corrected chi connectivity index (χ1v) is 9.31. The number of rotatable bonds is 5. The summed E-state index contributed by atoms with van der Waals surface area (Å²) in [6, 6.07) is 8.42. The van der Waals surface area contributed by atoms with Crippen molar-refractivity contribution in [2.24, 2.45) is 5.92 Å². The van der Waals surface area contributed by atoms with E-state index in [-0.39, 0.29) is 0 Å². The van der Waals surface area contributed by atoms with Gasteiger partial charge in [0.15, 0.2) is 0 Å². The molecule has 3 rings (SSSR count). The van der Waals surface area contributed by atoms with Gasteiger partial charge in [-0.15, -0.1) is 0 Å². The first kappa shape index (κ1) is 14.9. The van der Waals surface area contributed by atoms with E-state index in [1.807, 2.05) is 31.2 Å². The highest BCUT2D eigenvalue weighted by Gasteiger charge is 2.34. The lowest BCUT2D eigenvalue weighted by molar-refractivity contribution is 0.533. The summed E-state index contributed by atoms with van der Waals surface area (Å²) in [4.78, 5) is 0. The average Bonchev–Trinajstić information content (AvgIpc) is 3.27. The highest BCUT2D eigenvalue weighted by atomic mass is 32.2. The van der Waals surface area contributed by atoms with Crippen LogP contribution in [0.15, 0.2) is 24.3 Å². The van der Waals surface area contributed by atoms with E-state index in [1.165, 1.54) is 12.8 Å². The first-order valence-electron chi connectivity index (χ1n) is 7.81. The van der Waals surface area contributed by atoms with Gasteiger partial charge >= 0.3 is 0 Å². The minimum atomic E-state index is -3.31. The zero-order chi connectivity index (χ0) is 15.0. The molecule has 5 heteroatoms. The third kappa shape index (κ3) is 3.09. The molecule has 1 aromatic carbocycles. The maximum absolute atomic E-state index is 12.9. The monoisotopic (exact) mass is 308 g/mol. The molecule has 2 aliphatic rings. The molecule has 2 atom stereocenters. The smallest absolute Gasteiger partial charge is 0.239 e. The maximum atomic E-state index is 12.9. The van der Waals surface area contributed by atoms with E-state index in [0.29, 0.717) is 25.0 Å². The quantitative estimate of drug-likeness (QED) is 0.907. The number of benzene rings is 1. The molecule has 1 aliphatic heterocycles. The molecule has 1 N–H and O–H groups in total. The van der Waals surface area contributed by atoms with Crippen molar-refractivity contribution in [2.75, 3.05) is 17.4 Å². The molecule has 116 valence electrons. The molecule has 21 heavy (non-hydrogen) atoms. The molecule has 1 saturated carbocycles. The van der Waals surface area contributed by atoms with E-state index >= 15 is 0 Å². The zero-order valence-electron chi connectivity index (χ0n) is 12.7. The van der Waals surface area contributed by atoms with Crippen LogP contribution >= 0.6 is 0 Å². The van der Waals surface area contributed by atoms with Crippen LogP contribution in [-0.2, 0) is 16.4 Å². The standard InChI is InChI=1S/C16H24N2O2S/c1-12-9-14-5-3-4-6-16(14)18(11-12)21(19,20)13(2)10-17-15-7-8-15/h3-6,12-13,15,17H,7-11H2,1-2H3. The molecule has 1 aliphatic carbocycles. The van der Waals surface area contributed by atoms with Gasteiger partial charge in [-0.2, -0.15) is 0 Å². The van der Waals surface area contributed by atoms with Crippen molar-refractivity contribution in [1.29, 1.82) is 0 Å². The number of nitrogens with zero attached hydrogens (tertiary/aromatic N) is 1. The third-order valence-electron chi connectivity index (χ3n) is 4.39. The molecule has 1 heterocycles. The van der Waals surface area contributed by atoms with Crippen molar-refractivity contribution in [3.05, 3.63) is 29.8 Å². The van der Waals surface area contributed by atoms with Crippen molar-refractivity contribution < 1.29 is 8.42 Å². The Bertz CT molecular complexity index is 610. The van der Waals surface area contributed by atoms with Crippen LogP contribution in [0.25, 0.3) is 0 Å². The molecule has 0 bridgehead atoms. The average molecular weight is 308 g/mol. The lowest BCUT2D eigenvalue weighted by atomic mass is 9.96. The third-order valence-corrected chi connectivity index (χ3v) is 6.54. The number of anilines is 1. The lowest BCUT2D eigenvalue weighted by Gasteiger charge is -2.35. The maximum Gasteiger partial charge on any atom is 0.239 e. The van der Waals surface area contributed by atoms with Crippen LogP contribution in [0.2, 0.25) is 0 Å². The van der Waals surface area contributed by atoms with E-state index in [1.54, 1.807) is 4.31 Å². The Morgan fingerprint density at radius 3 is 2.76 bits per heavy atom. The normalized spacial score (nSPS) is 23.7. The minimum Gasteiger partial charge on any atom is -0.313 e. The second-order valence-corrected chi connectivity index (χ2v) is 8.78. The topological polar surface area (TPSA) is 49.4 Å². The summed E-state index contributed by atoms with van der Waals surface area (Å²) in [5, 5.41) is 2.94. The van der Waals surface area contributed by atoms with Gasteiger partial charge in [0.05, 0.1) is 10.9 Å². The van der Waals surface area contributed by atoms with E-state index in [2.05, 4.69) is 12.2 Å². The van der Waals surface area contributed by atoms with Crippen molar-refractivity contribution >= 4 is 15.7 Å². The van der Waals surface area contributed by atoms with Crippen molar-refractivity contribution in [3.8, 4) is 0 Å². The molecule has 0 aromatic heterocycles. The highest BCUT2D eigenvalue weighted by molar-refractivity contribution is 7.93. The van der Waals surface area contributed by atoms with Gasteiger partial charge in [-0.05, 0) is 43.7 Å². The summed E-state index contributed by atoms with van der Waals surface area (Å²) in [5.41, 5.74) is 2.01. The van der Waals surface area contributed by atoms with E-state index in [0.717, 1.165) is 17.7 Å². The van der Waals surface area contributed by atoms with Gasteiger partial charge in [-0.3, -0.25) is 4.31 Å². The molecule has 0 saturated heterocycles. The lowest BCUT2D eigenvalue weighted by Crippen LogP contribution is -2.46. The van der Waals surface area contributed by atoms with Crippen LogP contribution in [0.5, 0.6) is 0 Å². The van der Waals surface area contributed by atoms with Gasteiger partial charge in [0.1, 0.15) is 0 Å². The zero-order valence-corrected chi connectivity index (χ0v) is 13.6. The molecule has 0 amide bonds. The fourth-order valence-electron chi connectivity index (χ4n) is 2.93. The summed E-state index contributed by atoms with van der Waals surface area (Å²) in [6.07, 6.45) is 3.31. The fourth-order valence-corrected chi connectivity index (χ4v) is 4.59. The van der Waals surface area contributed by atoms with Crippen molar-refractivity contribution in [3.63, 3.8) is 0 Å². The second-order valence-electron chi connectivity index (χ2n) is 6.51. The number of nitrogens with one attached hydrogen (secondary N) is 1. The Hall–Kier alpha value is -1.07. The van der Waals surface area contributed by atoms with Gasteiger partial charge in [0, 0.05) is 19.1 Å². The number of hydrogen-bond acceptors (Lipinski definition) is 3. The molecule has 1 aromatic rings. The number of fused-ring (bicyclic) bond motifs is 1. The molecular formula is C16H24N2O2S. The number of sulfonamides is 1. The fraction of sp³-hybridized carbons (Fsp3) is 0.625. The first-order chi connectivity index (χ1) is 9.98. The van der Waals surface area contributed by atoms with Gasteiger partial charge in [-0.1, -0.05) is 25.1 Å². The SMILES string of the molecule is CC1Cc2ccccc2N(S(=O)(=O)C(C)CNC2CC2)C1. The molecule has 4 nitrogen and oxygen atoms in total. The predicted octanol–water partition coefficient (Wildman–Crippen LogP) is 2.16. The van der Waals surface area contributed by atoms with Crippen molar-refractivity contribution in [1.82, 2.24) is 5.32 Å². The minimum absolute atomic E-state index is 0.360. The van der Waals surface area contributed by atoms with Gasteiger partial charge < -0.3 is 5.32 Å². The Labute approximate surface area is 127 Å². The molecular weight excluding hydrogens is 284 g/mol. The number of hydrogen-bond donors (Lipinski definition) is 1. The summed E-state index contributed by atoms with van der Waals surface area (Å²) in [7, 11) is -3.31.